The van der Waals surface area contributed by atoms with Gasteiger partial charge in [0.2, 0.25) is 5.91 Å². The molecule has 1 aromatic carbocycles. The molecule has 0 bridgehead atoms. The molecule has 0 spiro atoms. The predicted molar refractivity (Wildman–Crippen MR) is 84.4 cm³/mol. The highest BCUT2D eigenvalue weighted by molar-refractivity contribution is 5.79. The minimum absolute atomic E-state index is 0.1000. The number of carbonyl (C=O) groups is 2. The number of hydrogen-bond donors (Lipinski definition) is 0. The van der Waals surface area contributed by atoms with Gasteiger partial charge in [-0.2, -0.15) is 0 Å². The molecule has 6 heteroatoms. The number of carbonyl (C=O) groups excluding carboxylic acids is 2. The topological polar surface area (TPSA) is 55.8 Å². The van der Waals surface area contributed by atoms with E-state index in [4.69, 9.17) is 4.74 Å². The lowest BCUT2D eigenvalue weighted by atomic mass is 10.1. The molecule has 1 aromatic rings. The van der Waals surface area contributed by atoms with Gasteiger partial charge < -0.3 is 14.4 Å². The molecule has 0 aliphatic rings. The van der Waals surface area contributed by atoms with Crippen molar-refractivity contribution in [3.8, 4) is 0 Å². The van der Waals surface area contributed by atoms with E-state index in [1.54, 1.807) is 17.0 Å². The summed E-state index contributed by atoms with van der Waals surface area (Å²) in [6.07, 6.45) is 1.03. The minimum atomic E-state index is -0.352. The summed E-state index contributed by atoms with van der Waals surface area (Å²) in [6, 6.07) is 5.84. The van der Waals surface area contributed by atoms with Crippen LogP contribution in [0.4, 0.5) is 4.39 Å². The Hall–Kier alpha value is -1.95. The van der Waals surface area contributed by atoms with Crippen LogP contribution in [0.5, 0.6) is 0 Å². The summed E-state index contributed by atoms with van der Waals surface area (Å²) in [4.78, 5) is 25.3. The van der Waals surface area contributed by atoms with Crippen LogP contribution in [0, 0.1) is 5.82 Å². The average Bonchev–Trinajstić information content (AvgIpc) is 2.55. The highest BCUT2D eigenvalue weighted by Crippen LogP contribution is 2.07. The lowest BCUT2D eigenvalue weighted by Gasteiger charge is -2.22. The number of esters is 1. The van der Waals surface area contributed by atoms with Gasteiger partial charge in [0.15, 0.2) is 0 Å². The molecule has 1 amide bonds. The second kappa shape index (κ2) is 10.7. The van der Waals surface area contributed by atoms with Crippen molar-refractivity contribution >= 4 is 11.9 Å². The van der Waals surface area contributed by atoms with E-state index in [-0.39, 0.29) is 30.5 Å². The van der Waals surface area contributed by atoms with E-state index >= 15 is 0 Å². The molecular formula is C17H24FNO4. The maximum Gasteiger partial charge on any atom is 0.307 e. The summed E-state index contributed by atoms with van der Waals surface area (Å²) in [5, 5.41) is 0. The SMILES string of the molecule is CCOCCCN(CCC(=O)OC)C(=O)Cc1ccc(F)cc1. The molecule has 0 N–H and O–H groups in total. The first-order valence-electron chi connectivity index (χ1n) is 7.73. The number of ether oxygens (including phenoxy) is 2. The molecule has 0 atom stereocenters. The Bertz CT molecular complexity index is 490. The highest BCUT2D eigenvalue weighted by Gasteiger charge is 2.15. The van der Waals surface area contributed by atoms with Crippen molar-refractivity contribution in [3.63, 3.8) is 0 Å². The van der Waals surface area contributed by atoms with Crippen LogP contribution in [0.1, 0.15) is 25.3 Å². The lowest BCUT2D eigenvalue weighted by molar-refractivity contribution is -0.141. The summed E-state index contributed by atoms with van der Waals surface area (Å²) < 4.78 is 22.8. The number of benzene rings is 1. The van der Waals surface area contributed by atoms with Gasteiger partial charge in [-0.3, -0.25) is 9.59 Å². The molecular weight excluding hydrogens is 301 g/mol. The Balaban J connectivity index is 2.58. The second-order valence-electron chi connectivity index (χ2n) is 5.06. The van der Waals surface area contributed by atoms with E-state index < -0.39 is 0 Å². The van der Waals surface area contributed by atoms with Gasteiger partial charge in [0, 0.05) is 26.3 Å². The van der Waals surface area contributed by atoms with Gasteiger partial charge in [0.05, 0.1) is 20.0 Å². The molecule has 0 saturated heterocycles. The molecule has 0 saturated carbocycles. The molecule has 0 unspecified atom stereocenters. The Morgan fingerprint density at radius 1 is 1.17 bits per heavy atom. The van der Waals surface area contributed by atoms with Crippen molar-refractivity contribution < 1.29 is 23.5 Å². The first-order chi connectivity index (χ1) is 11.1. The third-order valence-electron chi connectivity index (χ3n) is 3.36. The number of methoxy groups -OCH3 is 1. The Morgan fingerprint density at radius 3 is 2.48 bits per heavy atom. The molecule has 0 fully saturated rings. The molecule has 0 radical (unpaired) electrons. The van der Waals surface area contributed by atoms with E-state index in [0.29, 0.717) is 32.7 Å². The van der Waals surface area contributed by atoms with Crippen LogP contribution >= 0.6 is 0 Å². The van der Waals surface area contributed by atoms with Gasteiger partial charge >= 0.3 is 5.97 Å². The predicted octanol–water partition coefficient (Wildman–Crippen LogP) is 2.19. The summed E-state index contributed by atoms with van der Waals surface area (Å²) in [7, 11) is 1.32. The van der Waals surface area contributed by atoms with Gasteiger partial charge in [-0.15, -0.1) is 0 Å². The number of hydrogen-bond acceptors (Lipinski definition) is 4. The fraction of sp³-hybridized carbons (Fsp3) is 0.529. The molecule has 0 aromatic heterocycles. The van der Waals surface area contributed by atoms with Crippen LogP contribution in [0.3, 0.4) is 0 Å². The van der Waals surface area contributed by atoms with Crippen LogP contribution < -0.4 is 0 Å². The van der Waals surface area contributed by atoms with Crippen LogP contribution in [0.25, 0.3) is 0 Å². The van der Waals surface area contributed by atoms with Gasteiger partial charge in [-0.1, -0.05) is 12.1 Å². The number of nitrogens with zero attached hydrogens (tertiary/aromatic N) is 1. The first kappa shape index (κ1) is 19.1. The van der Waals surface area contributed by atoms with E-state index in [9.17, 15) is 14.0 Å². The Kier molecular flexibility index (Phi) is 8.90. The Labute approximate surface area is 136 Å². The third-order valence-corrected chi connectivity index (χ3v) is 3.36. The molecule has 0 aliphatic heterocycles. The molecule has 5 nitrogen and oxygen atoms in total. The number of rotatable bonds is 10. The van der Waals surface area contributed by atoms with Gasteiger partial charge in [0.25, 0.3) is 0 Å². The maximum atomic E-state index is 12.9. The van der Waals surface area contributed by atoms with E-state index in [0.717, 1.165) is 5.56 Å². The highest BCUT2D eigenvalue weighted by atomic mass is 19.1. The zero-order valence-corrected chi connectivity index (χ0v) is 13.7. The summed E-state index contributed by atoms with van der Waals surface area (Å²) in [5.74, 6) is -0.785. The van der Waals surface area contributed by atoms with Gasteiger partial charge in [0.1, 0.15) is 5.82 Å². The molecule has 1 rings (SSSR count). The minimum Gasteiger partial charge on any atom is -0.469 e. The molecule has 23 heavy (non-hydrogen) atoms. The summed E-state index contributed by atoms with van der Waals surface area (Å²) in [5.41, 5.74) is 0.740. The van der Waals surface area contributed by atoms with Crippen molar-refractivity contribution in [1.29, 1.82) is 0 Å². The van der Waals surface area contributed by atoms with Crippen LogP contribution in [0.2, 0.25) is 0 Å². The molecule has 0 aliphatic carbocycles. The standard InChI is InChI=1S/C17H24FNO4/c1-3-23-12-4-10-19(11-9-17(21)22-2)16(20)13-14-5-7-15(18)8-6-14/h5-8H,3-4,9-13H2,1-2H3. The van der Waals surface area contributed by atoms with Gasteiger partial charge in [-0.25, -0.2) is 4.39 Å². The zero-order chi connectivity index (χ0) is 17.1. The van der Waals surface area contributed by atoms with Gasteiger partial charge in [-0.05, 0) is 31.0 Å². The van der Waals surface area contributed by atoms with E-state index in [1.165, 1.54) is 19.2 Å². The van der Waals surface area contributed by atoms with Crippen molar-refractivity contribution in [1.82, 2.24) is 4.90 Å². The van der Waals surface area contributed by atoms with E-state index in [1.807, 2.05) is 6.92 Å². The van der Waals surface area contributed by atoms with Crippen LogP contribution in [0.15, 0.2) is 24.3 Å². The van der Waals surface area contributed by atoms with Crippen molar-refractivity contribution in [2.75, 3.05) is 33.4 Å². The molecule has 0 heterocycles. The third kappa shape index (κ3) is 7.74. The molecule has 128 valence electrons. The lowest BCUT2D eigenvalue weighted by Crippen LogP contribution is -2.35. The van der Waals surface area contributed by atoms with Crippen LogP contribution in [-0.2, 0) is 25.5 Å². The number of amides is 1. The fourth-order valence-electron chi connectivity index (χ4n) is 2.08. The Morgan fingerprint density at radius 2 is 1.87 bits per heavy atom. The van der Waals surface area contributed by atoms with Crippen molar-refractivity contribution in [2.24, 2.45) is 0 Å². The normalized spacial score (nSPS) is 10.4. The quantitative estimate of drug-likeness (QED) is 0.489. The van der Waals surface area contributed by atoms with Crippen molar-refractivity contribution in [3.05, 3.63) is 35.6 Å². The second-order valence-corrected chi connectivity index (χ2v) is 5.06. The first-order valence-corrected chi connectivity index (χ1v) is 7.73. The van der Waals surface area contributed by atoms with Crippen LogP contribution in [-0.4, -0.2) is 50.2 Å². The maximum absolute atomic E-state index is 12.9. The summed E-state index contributed by atoms with van der Waals surface area (Å²) >= 11 is 0. The largest absolute Gasteiger partial charge is 0.469 e. The van der Waals surface area contributed by atoms with Crippen molar-refractivity contribution in [2.45, 2.75) is 26.2 Å². The zero-order valence-electron chi connectivity index (χ0n) is 13.7. The average molecular weight is 325 g/mol. The summed E-state index contributed by atoms with van der Waals surface area (Å²) in [6.45, 7) is 3.92. The number of halogens is 1. The van der Waals surface area contributed by atoms with E-state index in [2.05, 4.69) is 4.74 Å². The fourth-order valence-corrected chi connectivity index (χ4v) is 2.08. The smallest absolute Gasteiger partial charge is 0.307 e. The monoisotopic (exact) mass is 325 g/mol.